The number of para-hydroxylation sites is 1. The predicted molar refractivity (Wildman–Crippen MR) is 75.1 cm³/mol. The predicted octanol–water partition coefficient (Wildman–Crippen LogP) is 0.161. The fourth-order valence-corrected chi connectivity index (χ4v) is 2.09. The van der Waals surface area contributed by atoms with Crippen molar-refractivity contribution in [2.75, 3.05) is 18.1 Å². The van der Waals surface area contributed by atoms with Gasteiger partial charge in [-0.3, -0.25) is 10.2 Å². The first-order valence-corrected chi connectivity index (χ1v) is 6.72. The SMILES string of the molecule is NNC(=O)c1ccccc1OCCSc1n[nH]c(N)n1. The molecule has 1 heterocycles. The highest BCUT2D eigenvalue weighted by Gasteiger charge is 2.10. The minimum Gasteiger partial charge on any atom is -0.492 e. The van der Waals surface area contributed by atoms with E-state index in [4.69, 9.17) is 16.3 Å². The number of nitrogens with one attached hydrogen (secondary N) is 2. The molecule has 2 aromatic rings. The Balaban J connectivity index is 1.86. The molecule has 0 bridgehead atoms. The molecule has 2 rings (SSSR count). The van der Waals surface area contributed by atoms with Gasteiger partial charge in [0.05, 0.1) is 12.2 Å². The van der Waals surface area contributed by atoms with Crippen molar-refractivity contribution in [3.63, 3.8) is 0 Å². The number of nitrogens with zero attached hydrogens (tertiary/aromatic N) is 2. The molecule has 0 aliphatic rings. The molecule has 0 atom stereocenters. The van der Waals surface area contributed by atoms with Crippen molar-refractivity contribution in [2.45, 2.75) is 5.16 Å². The molecule has 20 heavy (non-hydrogen) atoms. The lowest BCUT2D eigenvalue weighted by Crippen LogP contribution is -2.30. The number of nitrogens with two attached hydrogens (primary N) is 2. The van der Waals surface area contributed by atoms with Gasteiger partial charge in [0.2, 0.25) is 11.1 Å². The lowest BCUT2D eigenvalue weighted by Gasteiger charge is -2.09. The van der Waals surface area contributed by atoms with Crippen LogP contribution in [-0.2, 0) is 0 Å². The Labute approximate surface area is 119 Å². The molecular formula is C11H14N6O2S. The van der Waals surface area contributed by atoms with Crippen molar-refractivity contribution in [3.8, 4) is 5.75 Å². The number of hydrogen-bond donors (Lipinski definition) is 4. The van der Waals surface area contributed by atoms with E-state index >= 15 is 0 Å². The van der Waals surface area contributed by atoms with Gasteiger partial charge in [-0.25, -0.2) is 10.9 Å². The number of aromatic amines is 1. The van der Waals surface area contributed by atoms with Gasteiger partial charge in [-0.15, -0.1) is 5.10 Å². The minimum absolute atomic E-state index is 0.276. The number of ether oxygens (including phenoxy) is 1. The number of hydrogen-bond acceptors (Lipinski definition) is 7. The third-order valence-electron chi connectivity index (χ3n) is 2.32. The van der Waals surface area contributed by atoms with Gasteiger partial charge in [0, 0.05) is 5.75 Å². The maximum Gasteiger partial charge on any atom is 0.268 e. The van der Waals surface area contributed by atoms with Crippen molar-refractivity contribution in [3.05, 3.63) is 29.8 Å². The van der Waals surface area contributed by atoms with E-state index < -0.39 is 5.91 Å². The zero-order chi connectivity index (χ0) is 14.4. The molecule has 0 unspecified atom stereocenters. The van der Waals surface area contributed by atoms with Crippen LogP contribution < -0.4 is 21.7 Å². The first-order chi connectivity index (χ1) is 9.70. The smallest absolute Gasteiger partial charge is 0.268 e. The number of amides is 1. The summed E-state index contributed by atoms with van der Waals surface area (Å²) in [5.41, 5.74) is 7.88. The van der Waals surface area contributed by atoms with E-state index in [0.717, 1.165) is 0 Å². The van der Waals surface area contributed by atoms with Gasteiger partial charge < -0.3 is 10.5 Å². The van der Waals surface area contributed by atoms with Crippen LogP contribution in [0.25, 0.3) is 0 Å². The molecule has 0 saturated carbocycles. The van der Waals surface area contributed by atoms with Crippen molar-refractivity contribution in [1.29, 1.82) is 0 Å². The molecule has 106 valence electrons. The molecule has 1 aromatic carbocycles. The summed E-state index contributed by atoms with van der Waals surface area (Å²) < 4.78 is 5.55. The van der Waals surface area contributed by atoms with Crippen LogP contribution in [0.15, 0.2) is 29.4 Å². The second-order valence-electron chi connectivity index (χ2n) is 3.67. The number of thioether (sulfide) groups is 1. The Morgan fingerprint density at radius 2 is 2.25 bits per heavy atom. The summed E-state index contributed by atoms with van der Waals surface area (Å²) in [6, 6.07) is 6.87. The largest absolute Gasteiger partial charge is 0.492 e. The number of carbonyl (C=O) groups is 1. The lowest BCUT2D eigenvalue weighted by molar-refractivity contribution is 0.0950. The Hall–Kier alpha value is -2.26. The van der Waals surface area contributed by atoms with Gasteiger partial charge >= 0.3 is 0 Å². The van der Waals surface area contributed by atoms with Crippen LogP contribution in [0.5, 0.6) is 5.75 Å². The van der Waals surface area contributed by atoms with Crippen molar-refractivity contribution in [2.24, 2.45) is 5.84 Å². The van der Waals surface area contributed by atoms with Crippen LogP contribution >= 0.6 is 11.8 Å². The Kier molecular flexibility index (Phi) is 4.80. The highest BCUT2D eigenvalue weighted by Crippen LogP contribution is 2.19. The van der Waals surface area contributed by atoms with E-state index in [1.54, 1.807) is 24.3 Å². The number of aromatic nitrogens is 3. The maximum absolute atomic E-state index is 11.5. The number of nitrogen functional groups attached to an aromatic ring is 2. The van der Waals surface area contributed by atoms with Gasteiger partial charge in [-0.1, -0.05) is 23.9 Å². The van der Waals surface area contributed by atoms with Crippen LogP contribution in [-0.4, -0.2) is 33.4 Å². The summed E-state index contributed by atoms with van der Waals surface area (Å²) >= 11 is 1.40. The maximum atomic E-state index is 11.5. The van der Waals surface area contributed by atoms with Gasteiger partial charge in [-0.2, -0.15) is 4.98 Å². The molecule has 6 N–H and O–H groups in total. The van der Waals surface area contributed by atoms with Crippen molar-refractivity contribution >= 4 is 23.6 Å². The van der Waals surface area contributed by atoms with E-state index in [2.05, 4.69) is 20.6 Å². The fraction of sp³-hybridized carbons (Fsp3) is 0.182. The molecule has 1 amide bonds. The Morgan fingerprint density at radius 1 is 1.45 bits per heavy atom. The van der Waals surface area contributed by atoms with Gasteiger partial charge in [0.1, 0.15) is 5.75 Å². The lowest BCUT2D eigenvalue weighted by atomic mass is 10.2. The summed E-state index contributed by atoms with van der Waals surface area (Å²) in [7, 11) is 0. The Bertz CT molecular complexity index is 588. The fourth-order valence-electron chi connectivity index (χ4n) is 1.47. The zero-order valence-electron chi connectivity index (χ0n) is 10.5. The van der Waals surface area contributed by atoms with Crippen LogP contribution in [0.1, 0.15) is 10.4 Å². The first kappa shape index (κ1) is 14.2. The average molecular weight is 294 g/mol. The molecule has 0 spiro atoms. The van der Waals surface area contributed by atoms with E-state index in [1.165, 1.54) is 11.8 Å². The van der Waals surface area contributed by atoms with E-state index in [9.17, 15) is 4.79 Å². The average Bonchev–Trinajstić information content (AvgIpc) is 2.89. The highest BCUT2D eigenvalue weighted by atomic mass is 32.2. The molecule has 0 saturated heterocycles. The number of hydrazine groups is 1. The number of benzene rings is 1. The third kappa shape index (κ3) is 3.62. The van der Waals surface area contributed by atoms with Crippen molar-refractivity contribution < 1.29 is 9.53 Å². The zero-order valence-corrected chi connectivity index (χ0v) is 11.3. The minimum atomic E-state index is -0.394. The first-order valence-electron chi connectivity index (χ1n) is 5.74. The topological polar surface area (TPSA) is 132 Å². The van der Waals surface area contributed by atoms with Crippen LogP contribution in [0, 0.1) is 0 Å². The second kappa shape index (κ2) is 6.78. The normalized spacial score (nSPS) is 10.2. The summed E-state index contributed by atoms with van der Waals surface area (Å²) in [4.78, 5) is 15.5. The highest BCUT2D eigenvalue weighted by molar-refractivity contribution is 7.99. The molecular weight excluding hydrogens is 280 g/mol. The van der Waals surface area contributed by atoms with E-state index in [1.807, 2.05) is 0 Å². The van der Waals surface area contributed by atoms with Crippen LogP contribution in [0.2, 0.25) is 0 Å². The number of rotatable bonds is 6. The van der Waals surface area contributed by atoms with E-state index in [0.29, 0.717) is 28.8 Å². The van der Waals surface area contributed by atoms with Gasteiger partial charge in [-0.05, 0) is 12.1 Å². The molecule has 8 nitrogen and oxygen atoms in total. The number of anilines is 1. The molecule has 9 heteroatoms. The summed E-state index contributed by atoms with van der Waals surface area (Å²) in [6.07, 6.45) is 0. The third-order valence-corrected chi connectivity index (χ3v) is 3.13. The summed E-state index contributed by atoms with van der Waals surface area (Å²) in [6.45, 7) is 0.397. The molecule has 0 fully saturated rings. The standard InChI is InChI=1S/C11H14N6O2S/c12-10-14-11(17-16-10)20-6-5-19-8-4-2-1-3-7(8)9(18)15-13/h1-4H,5-6,13H2,(H,15,18)(H3,12,14,16,17). The monoisotopic (exact) mass is 294 g/mol. The van der Waals surface area contributed by atoms with Crippen molar-refractivity contribution in [1.82, 2.24) is 20.6 Å². The molecule has 0 aliphatic heterocycles. The summed E-state index contributed by atoms with van der Waals surface area (Å²) in [5, 5.41) is 6.99. The summed E-state index contributed by atoms with van der Waals surface area (Å²) in [5.74, 6) is 6.10. The second-order valence-corrected chi connectivity index (χ2v) is 4.73. The molecule has 1 aromatic heterocycles. The van der Waals surface area contributed by atoms with E-state index in [-0.39, 0.29) is 5.95 Å². The Morgan fingerprint density at radius 3 is 2.95 bits per heavy atom. The quantitative estimate of drug-likeness (QED) is 0.196. The molecule has 0 aliphatic carbocycles. The molecule has 0 radical (unpaired) electrons. The van der Waals surface area contributed by atoms with Crippen LogP contribution in [0.4, 0.5) is 5.95 Å². The number of carbonyl (C=O) groups excluding carboxylic acids is 1. The van der Waals surface area contributed by atoms with Crippen LogP contribution in [0.3, 0.4) is 0 Å². The van der Waals surface area contributed by atoms with Gasteiger partial charge in [0.15, 0.2) is 0 Å². The number of H-pyrrole nitrogens is 1. The van der Waals surface area contributed by atoms with Gasteiger partial charge in [0.25, 0.3) is 5.91 Å².